The Balaban J connectivity index is -0.000000228. The predicted molar refractivity (Wildman–Crippen MR) is 223 cm³/mol. The number of likely N-dealkylation sites (tertiary alicyclic amines) is 2. The summed E-state index contributed by atoms with van der Waals surface area (Å²) in [5.74, 6) is -2.03. The van der Waals surface area contributed by atoms with Crippen LogP contribution >= 0.6 is 0 Å². The minimum atomic E-state index is -0.639. The molecule has 2 aromatic carbocycles. The maximum Gasteiger partial charge on any atom is 1.00 e. The Kier molecular flexibility index (Phi) is 50.3. The number of rotatable bonds is 14. The van der Waals surface area contributed by atoms with Gasteiger partial charge in [-0.05, 0) is 88.5 Å². The average Bonchev–Trinajstić information content (AvgIpc) is 3.93. The van der Waals surface area contributed by atoms with Crippen molar-refractivity contribution in [3.63, 3.8) is 0 Å². The van der Waals surface area contributed by atoms with Crippen LogP contribution in [0.4, 0.5) is 0 Å². The van der Waals surface area contributed by atoms with Crippen molar-refractivity contribution in [3.05, 3.63) is 70.8 Å². The molecule has 0 aliphatic carbocycles. The molecule has 4 radical (unpaired) electrons. The van der Waals surface area contributed by atoms with E-state index in [1.165, 1.54) is 75.5 Å². The van der Waals surface area contributed by atoms with Gasteiger partial charge in [0.1, 0.15) is 6.29 Å². The van der Waals surface area contributed by atoms with Crippen molar-refractivity contribution in [3.8, 4) is 0 Å². The molecule has 0 aromatic heterocycles. The summed E-state index contributed by atoms with van der Waals surface area (Å²) in [5, 5.41) is 3.30. The molecule has 2 saturated heterocycles. The Morgan fingerprint density at radius 1 is 0.738 bits per heavy atom. The summed E-state index contributed by atoms with van der Waals surface area (Å²) in [4.78, 5) is 73.9. The van der Waals surface area contributed by atoms with Crippen LogP contribution < -0.4 is 53.0 Å². The Hall–Kier alpha value is -3.48. The van der Waals surface area contributed by atoms with Crippen LogP contribution in [0.1, 0.15) is 108 Å². The standard InChI is InChI=1S/C17H26N2O2.C12H15NO.C5H11NO2.C4H6O4.C2H3BO2.CH4.BO.ClH.Na/c1-2-21-17(20)8-9-18-13-15-6-5-7-16(12-15)14-19-10-3-4-11-19;14-10-12-5-3-4-11(8-12)9-13-6-1-2-7-13;1-2-8-5(7)3-4-6;1-3(5)7-8-4(2)6;1-2(4)5-3;;1-2;;/h5-7,12,18H,2-4,8-11,13-14H2,1H3;3-5,8,10H,1-2,6-7,9H2;2-4,6H2,1H3;1-2H3;1H3;1H4;;1H;/q;;;;-1;;;;+1. The molecule has 2 aliphatic heterocycles. The van der Waals surface area contributed by atoms with Crippen LogP contribution in [0.15, 0.2) is 48.5 Å². The van der Waals surface area contributed by atoms with Crippen molar-refractivity contribution < 1.29 is 105 Å². The first kappa shape index (κ1) is 66.6. The maximum absolute atomic E-state index is 11.2. The molecule has 61 heavy (non-hydrogen) atoms. The largest absolute Gasteiger partial charge is 1.00 e. The number of carbonyl (C=O) groups is 6. The van der Waals surface area contributed by atoms with Crippen LogP contribution in [0.25, 0.3) is 0 Å². The van der Waals surface area contributed by atoms with Crippen molar-refractivity contribution in [1.29, 1.82) is 0 Å². The fourth-order valence-corrected chi connectivity index (χ4v) is 5.15. The van der Waals surface area contributed by atoms with Gasteiger partial charge in [0.25, 0.3) is 0 Å². The summed E-state index contributed by atoms with van der Waals surface area (Å²) in [6.07, 6.45) is 7.06. The fraction of sp³-hybridized carbons (Fsp3) is 0.561. The van der Waals surface area contributed by atoms with E-state index in [4.69, 9.17) is 9.44 Å². The Bertz CT molecular complexity index is 1440. The fourth-order valence-electron chi connectivity index (χ4n) is 5.15. The van der Waals surface area contributed by atoms with Crippen LogP contribution in [0.5, 0.6) is 0 Å². The molecular weight excluding hydrogens is 821 g/mol. The quantitative estimate of drug-likeness (QED) is 0.0498. The first-order valence-corrected chi connectivity index (χ1v) is 19.2. The molecule has 20 heteroatoms. The van der Waals surface area contributed by atoms with E-state index in [1.54, 1.807) is 6.92 Å². The number of nitrogens with one attached hydrogen (secondary N) is 1. The van der Waals surface area contributed by atoms with E-state index in [2.05, 4.69) is 86.1 Å². The number of carbonyl (C=O) groups excluding carboxylic acids is 6. The summed E-state index contributed by atoms with van der Waals surface area (Å²) >= 11 is 0. The molecule has 0 bridgehead atoms. The number of aldehydes is 1. The molecule has 2 fully saturated rings. The van der Waals surface area contributed by atoms with Gasteiger partial charge in [-0.15, -0.1) is 0 Å². The number of halogens is 1. The minimum absolute atomic E-state index is 0. The van der Waals surface area contributed by atoms with E-state index in [0.717, 1.165) is 45.3 Å². The molecule has 2 heterocycles. The zero-order valence-corrected chi connectivity index (χ0v) is 39.0. The molecule has 4 rings (SSSR count). The summed E-state index contributed by atoms with van der Waals surface area (Å²) in [6, 6.07) is 16.6. The zero-order chi connectivity index (χ0) is 44.0. The minimum Gasteiger partial charge on any atom is -1.00 e. The second-order valence-corrected chi connectivity index (χ2v) is 12.5. The van der Waals surface area contributed by atoms with E-state index < -0.39 is 17.9 Å². The van der Waals surface area contributed by atoms with Crippen molar-refractivity contribution in [2.75, 3.05) is 52.5 Å². The Morgan fingerprint density at radius 2 is 1.15 bits per heavy atom. The number of esters is 2. The van der Waals surface area contributed by atoms with Crippen molar-refractivity contribution in [2.24, 2.45) is 0 Å². The number of ether oxygens (including phenoxy) is 2. The van der Waals surface area contributed by atoms with Gasteiger partial charge in [0.2, 0.25) is 5.97 Å². The van der Waals surface area contributed by atoms with Crippen LogP contribution in [-0.4, -0.2) is 114 Å². The summed E-state index contributed by atoms with van der Waals surface area (Å²) in [7, 11) is 7.57. The van der Waals surface area contributed by atoms with Gasteiger partial charge in [0.05, 0.1) is 32.6 Å². The monoisotopic (exact) mass is 886 g/mol. The summed E-state index contributed by atoms with van der Waals surface area (Å²) < 4.78 is 20.9. The molecule has 16 nitrogen and oxygen atoms in total. The zero-order valence-electron chi connectivity index (χ0n) is 36.3. The summed E-state index contributed by atoms with van der Waals surface area (Å²) in [6.45, 7) is 17.0. The second-order valence-electron chi connectivity index (χ2n) is 12.5. The number of hydrogen-bond acceptors (Lipinski definition) is 15. The topological polar surface area (TPSA) is 212 Å². The number of benzene rings is 2. The van der Waals surface area contributed by atoms with Crippen LogP contribution in [0, 0.1) is 0 Å². The predicted octanol–water partition coefficient (Wildman–Crippen LogP) is -2.59. The van der Waals surface area contributed by atoms with Gasteiger partial charge < -0.3 is 45.6 Å². The molecule has 2 aliphatic rings. The Morgan fingerprint density at radius 3 is 1.54 bits per heavy atom. The first-order valence-electron chi connectivity index (χ1n) is 19.2. The van der Waals surface area contributed by atoms with Crippen molar-refractivity contribution in [1.82, 2.24) is 15.1 Å². The van der Waals surface area contributed by atoms with E-state index in [-0.39, 0.29) is 61.3 Å². The van der Waals surface area contributed by atoms with Gasteiger partial charge in [-0.2, -0.15) is 0 Å². The van der Waals surface area contributed by atoms with Crippen LogP contribution in [0.3, 0.4) is 0 Å². The molecule has 0 saturated carbocycles. The third-order valence-electron chi connectivity index (χ3n) is 7.56. The third kappa shape index (κ3) is 41.6. The van der Waals surface area contributed by atoms with Crippen molar-refractivity contribution >= 4 is 51.9 Å². The number of hydrogen-bond donors (Lipinski definition) is 2. The van der Waals surface area contributed by atoms with Gasteiger partial charge in [0.15, 0.2) is 0 Å². The molecule has 0 spiro atoms. The smallest absolute Gasteiger partial charge is 1.00 e. The SMILES string of the molecule is C.CC(=O)OOC(C)=O.CCOC(=O)CCNCc1cccc(CN2CCCC2)c1.CCOC(=O)CC[NH3+].O=Cc1cccc(CN2CCCC2)c1.[B-]OC(C)=O.[B]=O.[Cl-].[Na+]. The molecule has 2 aromatic rings. The molecule has 336 valence electrons. The molecule has 0 amide bonds. The van der Waals surface area contributed by atoms with Gasteiger partial charge in [0, 0.05) is 52.5 Å². The van der Waals surface area contributed by atoms with E-state index in [9.17, 15) is 28.8 Å². The van der Waals surface area contributed by atoms with E-state index >= 15 is 0 Å². The molecular formula is C41H66B2ClN4NaO12. The van der Waals surface area contributed by atoms with Gasteiger partial charge in [-0.25, -0.2) is 19.4 Å². The number of nitrogens with zero attached hydrogens (tertiary/aromatic N) is 2. The van der Waals surface area contributed by atoms with E-state index in [0.29, 0.717) is 39.1 Å². The van der Waals surface area contributed by atoms with Crippen molar-refractivity contribution in [2.45, 2.75) is 100 Å². The molecule has 0 atom stereocenters. The summed E-state index contributed by atoms with van der Waals surface area (Å²) in [5.41, 5.74) is 8.18. The first-order chi connectivity index (χ1) is 27.9. The normalized spacial score (nSPS) is 12.0. The Labute approximate surface area is 393 Å². The molecule has 0 unspecified atom stereocenters. The van der Waals surface area contributed by atoms with Gasteiger partial charge in [-0.3, -0.25) is 29.0 Å². The number of quaternary nitrogens is 1. The maximum atomic E-state index is 11.2. The van der Waals surface area contributed by atoms with Gasteiger partial charge in [-0.1, -0.05) is 49.9 Å². The second kappa shape index (κ2) is 46.0. The molecule has 4 N–H and O–H groups in total. The van der Waals surface area contributed by atoms with E-state index in [1.807, 2.05) is 25.1 Å². The van der Waals surface area contributed by atoms with Gasteiger partial charge >= 0.3 is 65.9 Å². The third-order valence-corrected chi connectivity index (χ3v) is 7.56. The van der Waals surface area contributed by atoms with Crippen LogP contribution in [0.2, 0.25) is 0 Å². The van der Waals surface area contributed by atoms with Crippen LogP contribution in [-0.2, 0) is 72.2 Å². The average molecular weight is 887 g/mol.